The lowest BCUT2D eigenvalue weighted by molar-refractivity contribution is -0.136. The van der Waals surface area contributed by atoms with Gasteiger partial charge in [-0.1, -0.05) is 30.3 Å². The third-order valence-corrected chi connectivity index (χ3v) is 5.99. The molecule has 148 valence electrons. The summed E-state index contributed by atoms with van der Waals surface area (Å²) < 4.78 is 1.64. The number of hydrogen-bond acceptors (Lipinski definition) is 4. The second-order valence-electron chi connectivity index (χ2n) is 7.97. The smallest absolute Gasteiger partial charge is 0.240 e. The minimum Gasteiger partial charge on any atom is -0.338 e. The van der Waals surface area contributed by atoms with Crippen molar-refractivity contribution in [1.29, 1.82) is 0 Å². The van der Waals surface area contributed by atoms with Gasteiger partial charge in [-0.2, -0.15) is 5.10 Å². The Hall–Kier alpha value is -2.47. The van der Waals surface area contributed by atoms with E-state index in [-0.39, 0.29) is 23.8 Å². The molecule has 2 saturated heterocycles. The zero-order valence-electron chi connectivity index (χ0n) is 16.5. The van der Waals surface area contributed by atoms with E-state index in [1.165, 1.54) is 5.56 Å². The van der Waals surface area contributed by atoms with E-state index < -0.39 is 0 Å². The maximum absolute atomic E-state index is 13.3. The fourth-order valence-electron chi connectivity index (χ4n) is 4.54. The first-order valence-electron chi connectivity index (χ1n) is 10.2. The highest BCUT2D eigenvalue weighted by Gasteiger charge is 2.38. The molecule has 1 aromatic heterocycles. The number of aromatic nitrogens is 2. The van der Waals surface area contributed by atoms with Crippen molar-refractivity contribution in [2.45, 2.75) is 50.7 Å². The van der Waals surface area contributed by atoms with Gasteiger partial charge in [-0.05, 0) is 37.8 Å². The molecule has 2 aromatic rings. The first-order valence-corrected chi connectivity index (χ1v) is 10.2. The number of likely N-dealkylation sites (tertiary alicyclic amines) is 2. The predicted octanol–water partition coefficient (Wildman–Crippen LogP) is 2.65. The molecule has 2 fully saturated rings. The van der Waals surface area contributed by atoms with Crippen molar-refractivity contribution in [2.75, 3.05) is 13.1 Å². The molecule has 1 amide bonds. The van der Waals surface area contributed by atoms with Crippen molar-refractivity contribution in [3.63, 3.8) is 0 Å². The summed E-state index contributed by atoms with van der Waals surface area (Å²) >= 11 is 0. The van der Waals surface area contributed by atoms with Gasteiger partial charge in [0.1, 0.15) is 0 Å². The van der Waals surface area contributed by atoms with Gasteiger partial charge in [-0.25, -0.2) is 0 Å². The van der Waals surface area contributed by atoms with Crippen LogP contribution in [0.5, 0.6) is 0 Å². The molecule has 0 bridgehead atoms. The van der Waals surface area contributed by atoms with Gasteiger partial charge in [-0.3, -0.25) is 19.2 Å². The van der Waals surface area contributed by atoms with Gasteiger partial charge in [0.15, 0.2) is 5.78 Å². The van der Waals surface area contributed by atoms with Crippen molar-refractivity contribution >= 4 is 11.7 Å². The molecule has 1 aromatic carbocycles. The third-order valence-electron chi connectivity index (χ3n) is 5.99. The Morgan fingerprint density at radius 2 is 1.89 bits per heavy atom. The third kappa shape index (κ3) is 4.02. The predicted molar refractivity (Wildman–Crippen MR) is 107 cm³/mol. The van der Waals surface area contributed by atoms with Crippen LogP contribution in [0.25, 0.3) is 0 Å². The molecular weight excluding hydrogens is 352 g/mol. The molecule has 0 radical (unpaired) electrons. The molecule has 6 nitrogen and oxygen atoms in total. The van der Waals surface area contributed by atoms with Crippen LogP contribution in [0, 0.1) is 0 Å². The number of aryl methyl sites for hydroxylation is 1. The number of amides is 1. The molecule has 4 rings (SSSR count). The standard InChI is InChI=1S/C22H28N4O2/c1-24-16-18(14-23-24)21(27)13-19-9-5-12-26(19)22(28)20-10-6-11-25(20)15-17-7-3-2-4-8-17/h2-4,7-8,14,16,19-20H,5-6,9-13,15H2,1H3. The van der Waals surface area contributed by atoms with Crippen molar-refractivity contribution in [2.24, 2.45) is 7.05 Å². The number of carbonyl (C=O) groups excluding carboxylic acids is 2. The average Bonchev–Trinajstić information content (AvgIpc) is 3.43. The Labute approximate surface area is 166 Å². The molecule has 3 heterocycles. The molecular formula is C22H28N4O2. The summed E-state index contributed by atoms with van der Waals surface area (Å²) in [5.74, 6) is 0.278. The molecule has 0 spiro atoms. The van der Waals surface area contributed by atoms with E-state index in [4.69, 9.17) is 0 Å². The summed E-state index contributed by atoms with van der Waals surface area (Å²) in [5, 5.41) is 4.09. The summed E-state index contributed by atoms with van der Waals surface area (Å²) in [4.78, 5) is 30.2. The molecule has 2 aliphatic heterocycles. The molecule has 2 unspecified atom stereocenters. The van der Waals surface area contributed by atoms with Crippen LogP contribution in [-0.4, -0.2) is 56.4 Å². The topological polar surface area (TPSA) is 58.4 Å². The molecule has 2 atom stereocenters. The maximum Gasteiger partial charge on any atom is 0.240 e. The maximum atomic E-state index is 13.3. The van der Waals surface area contributed by atoms with Gasteiger partial charge in [0.25, 0.3) is 0 Å². The Kier molecular flexibility index (Phi) is 5.57. The fourth-order valence-corrected chi connectivity index (χ4v) is 4.54. The number of benzene rings is 1. The lowest BCUT2D eigenvalue weighted by atomic mass is 10.0. The first-order chi connectivity index (χ1) is 13.6. The zero-order chi connectivity index (χ0) is 19.5. The van der Waals surface area contributed by atoms with Gasteiger partial charge in [0.2, 0.25) is 5.91 Å². The van der Waals surface area contributed by atoms with E-state index in [0.717, 1.165) is 45.3 Å². The minimum atomic E-state index is -0.0608. The quantitative estimate of drug-likeness (QED) is 0.723. The van der Waals surface area contributed by atoms with Crippen LogP contribution in [0.4, 0.5) is 0 Å². The van der Waals surface area contributed by atoms with Gasteiger partial charge < -0.3 is 4.90 Å². The monoisotopic (exact) mass is 380 g/mol. The minimum absolute atomic E-state index is 0.0133. The molecule has 0 N–H and O–H groups in total. The van der Waals surface area contributed by atoms with E-state index in [9.17, 15) is 9.59 Å². The Balaban J connectivity index is 1.41. The molecule has 0 aliphatic carbocycles. The number of ketones is 1. The van der Waals surface area contributed by atoms with E-state index in [2.05, 4.69) is 22.1 Å². The normalized spacial score (nSPS) is 22.7. The van der Waals surface area contributed by atoms with Gasteiger partial charge >= 0.3 is 0 Å². The average molecular weight is 380 g/mol. The van der Waals surface area contributed by atoms with Crippen molar-refractivity contribution in [3.8, 4) is 0 Å². The molecule has 28 heavy (non-hydrogen) atoms. The number of carbonyl (C=O) groups is 2. The summed E-state index contributed by atoms with van der Waals surface area (Å²) in [7, 11) is 1.81. The molecule has 6 heteroatoms. The largest absolute Gasteiger partial charge is 0.338 e. The number of nitrogens with zero attached hydrogens (tertiary/aromatic N) is 4. The lowest BCUT2D eigenvalue weighted by Crippen LogP contribution is -2.47. The number of rotatable bonds is 6. The summed E-state index contributed by atoms with van der Waals surface area (Å²) in [6.07, 6.45) is 7.60. The van der Waals surface area contributed by atoms with E-state index >= 15 is 0 Å². The van der Waals surface area contributed by atoms with Crippen LogP contribution >= 0.6 is 0 Å². The highest BCUT2D eigenvalue weighted by atomic mass is 16.2. The van der Waals surface area contributed by atoms with Crippen LogP contribution in [0.3, 0.4) is 0 Å². The van der Waals surface area contributed by atoms with Crippen LogP contribution < -0.4 is 0 Å². The summed E-state index contributed by atoms with van der Waals surface area (Å²) in [6, 6.07) is 10.3. The summed E-state index contributed by atoms with van der Waals surface area (Å²) in [6.45, 7) is 2.53. The van der Waals surface area contributed by atoms with Crippen LogP contribution in [0.1, 0.15) is 48.0 Å². The van der Waals surface area contributed by atoms with Crippen LogP contribution in [0.15, 0.2) is 42.7 Å². The zero-order valence-corrected chi connectivity index (χ0v) is 16.5. The van der Waals surface area contributed by atoms with Crippen LogP contribution in [-0.2, 0) is 18.4 Å². The second kappa shape index (κ2) is 8.27. The van der Waals surface area contributed by atoms with Crippen LogP contribution in [0.2, 0.25) is 0 Å². The Morgan fingerprint density at radius 3 is 2.64 bits per heavy atom. The van der Waals surface area contributed by atoms with E-state index in [1.807, 2.05) is 30.1 Å². The highest BCUT2D eigenvalue weighted by Crippen LogP contribution is 2.28. The SMILES string of the molecule is Cn1cc(C(=O)CC2CCCN2C(=O)C2CCCN2Cc2ccccc2)cn1. The summed E-state index contributed by atoms with van der Waals surface area (Å²) in [5.41, 5.74) is 1.88. The van der Waals surface area contributed by atoms with Crippen molar-refractivity contribution in [3.05, 3.63) is 53.9 Å². The molecule has 0 saturated carbocycles. The van der Waals surface area contributed by atoms with Gasteiger partial charge in [0.05, 0.1) is 17.8 Å². The van der Waals surface area contributed by atoms with Gasteiger partial charge in [0, 0.05) is 38.8 Å². The highest BCUT2D eigenvalue weighted by molar-refractivity contribution is 5.96. The number of hydrogen-bond donors (Lipinski definition) is 0. The fraction of sp³-hybridized carbons (Fsp3) is 0.500. The Morgan fingerprint density at radius 1 is 1.11 bits per heavy atom. The van der Waals surface area contributed by atoms with E-state index in [0.29, 0.717) is 12.0 Å². The van der Waals surface area contributed by atoms with Crippen molar-refractivity contribution < 1.29 is 9.59 Å². The Bertz CT molecular complexity index is 832. The lowest BCUT2D eigenvalue weighted by Gasteiger charge is -2.31. The van der Waals surface area contributed by atoms with Crippen molar-refractivity contribution in [1.82, 2.24) is 19.6 Å². The van der Waals surface area contributed by atoms with E-state index in [1.54, 1.807) is 17.1 Å². The molecule has 2 aliphatic rings. The number of Topliss-reactive ketones (excluding diaryl/α,β-unsaturated/α-hetero) is 1. The second-order valence-corrected chi connectivity index (χ2v) is 7.97. The van der Waals surface area contributed by atoms with Gasteiger partial charge in [-0.15, -0.1) is 0 Å². The first kappa shape index (κ1) is 18.9.